The number of piperazine rings is 1. The molecule has 2 heterocycles. The molecule has 0 saturated carbocycles. The van der Waals surface area contributed by atoms with Gasteiger partial charge in [-0.05, 0) is 30.2 Å². The van der Waals surface area contributed by atoms with Gasteiger partial charge in [0.1, 0.15) is 10.8 Å². The fourth-order valence-corrected chi connectivity index (χ4v) is 3.90. The number of nitrogens with one attached hydrogen (secondary N) is 2. The van der Waals surface area contributed by atoms with Crippen molar-refractivity contribution in [3.8, 4) is 11.1 Å². The highest BCUT2D eigenvalue weighted by atomic mass is 32.1. The smallest absolute Gasteiger partial charge is 0.254 e. The van der Waals surface area contributed by atoms with Gasteiger partial charge in [-0.3, -0.25) is 15.6 Å². The average molecular weight is 404 g/mol. The summed E-state index contributed by atoms with van der Waals surface area (Å²) in [6, 6.07) is 17.6. The molecule has 3 aromatic rings. The first-order valence-corrected chi connectivity index (χ1v) is 10.0. The lowest BCUT2D eigenvalue weighted by molar-refractivity contribution is 0.0757. The third-order valence-electron chi connectivity index (χ3n) is 4.78. The van der Waals surface area contributed by atoms with Crippen LogP contribution in [0.5, 0.6) is 0 Å². The molecule has 0 radical (unpaired) electrons. The van der Waals surface area contributed by atoms with Crippen LogP contribution in [0.2, 0.25) is 0 Å². The maximum Gasteiger partial charge on any atom is 0.254 e. The van der Waals surface area contributed by atoms with Gasteiger partial charge >= 0.3 is 0 Å². The predicted molar refractivity (Wildman–Crippen MR) is 114 cm³/mol. The second-order valence-corrected chi connectivity index (χ2v) is 7.92. The fourth-order valence-electron chi connectivity index (χ4n) is 3.25. The van der Waals surface area contributed by atoms with Crippen molar-refractivity contribution in [1.82, 2.24) is 20.0 Å². The molecule has 4 rings (SSSR count). The Bertz CT molecular complexity index is 1060. The number of hydrogen-bond donors (Lipinski definition) is 2. The molecule has 2 aromatic carbocycles. The van der Waals surface area contributed by atoms with Gasteiger partial charge in [0.05, 0.1) is 6.54 Å². The zero-order valence-corrected chi connectivity index (χ0v) is 16.7. The average Bonchev–Trinajstić information content (AvgIpc) is 3.20. The highest BCUT2D eigenvalue weighted by molar-refractivity contribution is 7.13. The number of nitrogens with zero attached hydrogens (tertiary/aromatic N) is 4. The van der Waals surface area contributed by atoms with E-state index in [2.05, 4.69) is 10.2 Å². The Balaban J connectivity index is 1.43. The molecule has 0 aliphatic carbocycles. The van der Waals surface area contributed by atoms with E-state index in [4.69, 9.17) is 10.8 Å². The Labute approximate surface area is 172 Å². The molecule has 1 aromatic heterocycles. The van der Waals surface area contributed by atoms with E-state index in [0.717, 1.165) is 16.1 Å². The van der Waals surface area contributed by atoms with Gasteiger partial charge in [0.25, 0.3) is 5.91 Å². The summed E-state index contributed by atoms with van der Waals surface area (Å²) in [5, 5.41) is 25.8. The van der Waals surface area contributed by atoms with Crippen LogP contribution in [0.15, 0.2) is 54.6 Å². The largest absolute Gasteiger partial charge is 0.329 e. The van der Waals surface area contributed by atoms with Crippen LogP contribution in [0.4, 0.5) is 0 Å². The Morgan fingerprint density at radius 1 is 1.00 bits per heavy atom. The third kappa shape index (κ3) is 3.93. The Morgan fingerprint density at radius 3 is 2.31 bits per heavy atom. The van der Waals surface area contributed by atoms with E-state index in [1.165, 1.54) is 11.3 Å². The van der Waals surface area contributed by atoms with Gasteiger partial charge in [0.15, 0.2) is 10.8 Å². The zero-order chi connectivity index (χ0) is 20.4. The van der Waals surface area contributed by atoms with E-state index < -0.39 is 0 Å². The van der Waals surface area contributed by atoms with E-state index >= 15 is 0 Å². The lowest BCUT2D eigenvalue weighted by Crippen LogP contribution is -2.53. The van der Waals surface area contributed by atoms with Crippen LogP contribution in [0.3, 0.4) is 0 Å². The van der Waals surface area contributed by atoms with Gasteiger partial charge in [0, 0.05) is 18.7 Å². The molecular formula is C21H20N6OS. The molecule has 29 heavy (non-hydrogen) atoms. The molecule has 1 aliphatic heterocycles. The van der Waals surface area contributed by atoms with Crippen LogP contribution in [-0.2, 0) is 0 Å². The van der Waals surface area contributed by atoms with Gasteiger partial charge < -0.3 is 9.80 Å². The molecule has 0 spiro atoms. The van der Waals surface area contributed by atoms with Gasteiger partial charge in [-0.1, -0.05) is 53.8 Å². The van der Waals surface area contributed by atoms with E-state index in [-0.39, 0.29) is 24.1 Å². The number of aromatic nitrogens is 2. The van der Waals surface area contributed by atoms with Gasteiger partial charge in [-0.15, -0.1) is 10.2 Å². The SMILES string of the molecule is Cc1nnc(C(=N)N2CCN(C(=O)c3ccc(-c4ccccc4)cc3)CC2=N)s1. The number of rotatable bonds is 3. The van der Waals surface area contributed by atoms with Crippen molar-refractivity contribution in [3.63, 3.8) is 0 Å². The van der Waals surface area contributed by atoms with E-state index in [9.17, 15) is 4.79 Å². The molecule has 0 bridgehead atoms. The minimum absolute atomic E-state index is 0.104. The molecule has 2 N–H and O–H groups in total. The van der Waals surface area contributed by atoms with Crippen LogP contribution in [0.1, 0.15) is 20.4 Å². The standard InChI is InChI=1S/C21H20N6OS/c1-14-24-25-20(29-14)19(23)27-12-11-26(13-18(27)22)21(28)17-9-7-16(8-10-17)15-5-3-2-4-6-15/h2-10,22-23H,11-13H2,1H3. The molecular weight excluding hydrogens is 384 g/mol. The molecule has 1 fully saturated rings. The second kappa shape index (κ2) is 7.92. The molecule has 7 nitrogen and oxygen atoms in total. The van der Waals surface area contributed by atoms with Crippen molar-refractivity contribution in [1.29, 1.82) is 10.8 Å². The van der Waals surface area contributed by atoms with Crippen LogP contribution in [0.25, 0.3) is 11.1 Å². The Kier molecular flexibility index (Phi) is 5.18. The van der Waals surface area contributed by atoms with Crippen molar-refractivity contribution in [2.75, 3.05) is 19.6 Å². The molecule has 1 amide bonds. The number of amides is 1. The fraction of sp³-hybridized carbons (Fsp3) is 0.190. The first-order chi connectivity index (χ1) is 14.0. The lowest BCUT2D eigenvalue weighted by Gasteiger charge is -2.35. The second-order valence-electron chi connectivity index (χ2n) is 6.74. The van der Waals surface area contributed by atoms with E-state index in [1.54, 1.807) is 9.80 Å². The van der Waals surface area contributed by atoms with Crippen LogP contribution < -0.4 is 0 Å². The van der Waals surface area contributed by atoms with Crippen molar-refractivity contribution < 1.29 is 4.79 Å². The Morgan fingerprint density at radius 2 is 1.69 bits per heavy atom. The highest BCUT2D eigenvalue weighted by Gasteiger charge is 2.29. The summed E-state index contributed by atoms with van der Waals surface area (Å²) in [6.07, 6.45) is 0. The van der Waals surface area contributed by atoms with E-state index in [1.807, 2.05) is 61.5 Å². The normalized spacial score (nSPS) is 14.2. The first-order valence-electron chi connectivity index (χ1n) is 9.21. The molecule has 1 saturated heterocycles. The predicted octanol–water partition coefficient (Wildman–Crippen LogP) is 3.27. The summed E-state index contributed by atoms with van der Waals surface area (Å²) in [6.45, 7) is 2.84. The third-order valence-corrected chi connectivity index (χ3v) is 5.63. The van der Waals surface area contributed by atoms with Gasteiger partial charge in [0.2, 0.25) is 0 Å². The minimum Gasteiger partial charge on any atom is -0.329 e. The molecule has 0 unspecified atom stereocenters. The van der Waals surface area contributed by atoms with Crippen LogP contribution in [-0.4, -0.2) is 57.2 Å². The first kappa shape index (κ1) is 18.9. The molecule has 0 atom stereocenters. The summed E-state index contributed by atoms with van der Waals surface area (Å²) in [4.78, 5) is 16.1. The number of carbonyl (C=O) groups is 1. The van der Waals surface area contributed by atoms with E-state index in [0.29, 0.717) is 23.7 Å². The zero-order valence-electron chi connectivity index (χ0n) is 15.9. The summed E-state index contributed by atoms with van der Waals surface area (Å²) in [5.74, 6) is 0.274. The maximum absolute atomic E-state index is 12.9. The summed E-state index contributed by atoms with van der Waals surface area (Å²) >= 11 is 1.33. The van der Waals surface area contributed by atoms with Crippen molar-refractivity contribution in [3.05, 3.63) is 70.2 Å². The van der Waals surface area contributed by atoms with Crippen molar-refractivity contribution in [2.24, 2.45) is 0 Å². The summed E-state index contributed by atoms with van der Waals surface area (Å²) in [7, 11) is 0. The van der Waals surface area contributed by atoms with Crippen LogP contribution in [0, 0.1) is 17.7 Å². The maximum atomic E-state index is 12.9. The number of hydrogen-bond acceptors (Lipinski definition) is 6. The summed E-state index contributed by atoms with van der Waals surface area (Å²) in [5.41, 5.74) is 2.76. The quantitative estimate of drug-likeness (QED) is 0.517. The topological polar surface area (TPSA) is 97.0 Å². The number of aryl methyl sites for hydroxylation is 1. The van der Waals surface area contributed by atoms with Gasteiger partial charge in [-0.25, -0.2) is 0 Å². The minimum atomic E-state index is -0.104. The van der Waals surface area contributed by atoms with Gasteiger partial charge in [-0.2, -0.15) is 0 Å². The number of amidine groups is 2. The summed E-state index contributed by atoms with van der Waals surface area (Å²) < 4.78 is 0. The molecule has 1 aliphatic rings. The van der Waals surface area contributed by atoms with Crippen molar-refractivity contribution in [2.45, 2.75) is 6.92 Å². The lowest BCUT2D eigenvalue weighted by atomic mass is 10.0. The number of benzene rings is 2. The highest BCUT2D eigenvalue weighted by Crippen LogP contribution is 2.21. The Hall–Kier alpha value is -3.39. The van der Waals surface area contributed by atoms with Crippen molar-refractivity contribution >= 4 is 28.9 Å². The molecule has 146 valence electrons. The monoisotopic (exact) mass is 404 g/mol. The molecule has 8 heteroatoms. The number of carbonyl (C=O) groups excluding carboxylic acids is 1. The van der Waals surface area contributed by atoms with Crippen LogP contribution >= 0.6 is 11.3 Å².